The van der Waals surface area contributed by atoms with E-state index >= 15 is 0 Å². The minimum atomic E-state index is -4.78. The Hall–Kier alpha value is -2.46. The maximum Gasteiger partial charge on any atom is 0.417 e. The van der Waals surface area contributed by atoms with Gasteiger partial charge in [0.25, 0.3) is 0 Å². The molecular formula is C22H27ClF3N3O3S. The fraction of sp³-hybridized carbons (Fsp3) is 0.409. The molecule has 0 bridgehead atoms. The number of hydrogen-bond acceptors (Lipinski definition) is 4. The highest BCUT2D eigenvalue weighted by atomic mass is 35.5. The quantitative estimate of drug-likeness (QED) is 0.537. The topological polar surface area (TPSA) is 69.7 Å². The number of nitrogens with zero attached hydrogens (tertiary/aromatic N) is 2. The van der Waals surface area contributed by atoms with Crippen LogP contribution in [0.25, 0.3) is 0 Å². The molecule has 182 valence electrons. The zero-order chi connectivity index (χ0) is 25.0. The number of anilines is 2. The molecule has 2 aromatic carbocycles. The Kier molecular flexibility index (Phi) is 8.64. The van der Waals surface area contributed by atoms with Gasteiger partial charge in [0.05, 0.1) is 22.5 Å². The summed E-state index contributed by atoms with van der Waals surface area (Å²) >= 11 is 5.64. The number of alkyl halides is 3. The molecule has 2 aromatic rings. The standard InChI is InChI=1S/C22H27ClF3N3O3S/c1-5-28(6-2)17-9-7-16(8-10-17)14-27-21(30)15(3)29(33(4,31)32)18-11-12-20(23)19(13-18)22(24,25)26/h7-13,15H,5-6,14H2,1-4H3,(H,27,30)/t15-/m1/s1. The van der Waals surface area contributed by atoms with Crippen molar-refractivity contribution in [3.05, 3.63) is 58.6 Å². The first-order valence-corrected chi connectivity index (χ1v) is 12.5. The lowest BCUT2D eigenvalue weighted by molar-refractivity contribution is -0.137. The van der Waals surface area contributed by atoms with Gasteiger partial charge in [-0.05, 0) is 56.7 Å². The number of carbonyl (C=O) groups excluding carboxylic acids is 1. The van der Waals surface area contributed by atoms with Gasteiger partial charge in [-0.1, -0.05) is 23.7 Å². The average Bonchev–Trinajstić information content (AvgIpc) is 2.73. The highest BCUT2D eigenvalue weighted by Crippen LogP contribution is 2.37. The number of hydrogen-bond donors (Lipinski definition) is 1. The van der Waals surface area contributed by atoms with Gasteiger partial charge in [-0.15, -0.1) is 0 Å². The molecule has 0 heterocycles. The number of rotatable bonds is 9. The van der Waals surface area contributed by atoms with Crippen molar-refractivity contribution in [3.8, 4) is 0 Å². The number of sulfonamides is 1. The monoisotopic (exact) mass is 505 g/mol. The first kappa shape index (κ1) is 26.8. The maximum atomic E-state index is 13.2. The van der Waals surface area contributed by atoms with E-state index in [1.54, 1.807) is 0 Å². The summed E-state index contributed by atoms with van der Waals surface area (Å²) in [7, 11) is -4.08. The first-order valence-electron chi connectivity index (χ1n) is 10.3. The van der Waals surface area contributed by atoms with Crippen LogP contribution in [0.2, 0.25) is 5.02 Å². The normalized spacial score (nSPS) is 12.8. The second-order valence-electron chi connectivity index (χ2n) is 7.45. The van der Waals surface area contributed by atoms with Crippen molar-refractivity contribution < 1.29 is 26.4 Å². The second kappa shape index (κ2) is 10.6. The Morgan fingerprint density at radius 2 is 1.61 bits per heavy atom. The SMILES string of the molecule is CCN(CC)c1ccc(CNC(=O)[C@@H](C)N(c2ccc(Cl)c(C(F)(F)F)c2)S(C)(=O)=O)cc1. The van der Waals surface area contributed by atoms with Gasteiger partial charge in [0.1, 0.15) is 6.04 Å². The van der Waals surface area contributed by atoms with Crippen molar-refractivity contribution >= 4 is 38.9 Å². The molecular weight excluding hydrogens is 479 g/mol. The minimum Gasteiger partial charge on any atom is -0.372 e. The summed E-state index contributed by atoms with van der Waals surface area (Å²) in [6.07, 6.45) is -3.95. The fourth-order valence-corrected chi connectivity index (χ4v) is 4.82. The van der Waals surface area contributed by atoms with Crippen LogP contribution in [0, 0.1) is 0 Å². The van der Waals surface area contributed by atoms with Crippen molar-refractivity contribution in [1.82, 2.24) is 5.32 Å². The smallest absolute Gasteiger partial charge is 0.372 e. The second-order valence-corrected chi connectivity index (χ2v) is 9.72. The molecule has 0 aliphatic carbocycles. The lowest BCUT2D eigenvalue weighted by Crippen LogP contribution is -2.47. The Morgan fingerprint density at radius 1 is 1.06 bits per heavy atom. The van der Waals surface area contributed by atoms with Crippen LogP contribution in [0.1, 0.15) is 31.9 Å². The number of benzene rings is 2. The zero-order valence-electron chi connectivity index (χ0n) is 18.8. The van der Waals surface area contributed by atoms with Crippen LogP contribution in [0.15, 0.2) is 42.5 Å². The molecule has 2 rings (SSSR count). The van der Waals surface area contributed by atoms with Gasteiger partial charge in [0.2, 0.25) is 15.9 Å². The molecule has 33 heavy (non-hydrogen) atoms. The van der Waals surface area contributed by atoms with Crippen molar-refractivity contribution in [1.29, 1.82) is 0 Å². The van der Waals surface area contributed by atoms with Gasteiger partial charge >= 0.3 is 6.18 Å². The van der Waals surface area contributed by atoms with Crippen molar-refractivity contribution in [2.24, 2.45) is 0 Å². The third-order valence-electron chi connectivity index (χ3n) is 5.13. The van der Waals surface area contributed by atoms with E-state index in [9.17, 15) is 26.4 Å². The fourth-order valence-electron chi connectivity index (χ4n) is 3.43. The summed E-state index contributed by atoms with van der Waals surface area (Å²) in [5.74, 6) is -0.656. The molecule has 11 heteroatoms. The summed E-state index contributed by atoms with van der Waals surface area (Å²) in [6.45, 7) is 7.24. The molecule has 0 radical (unpaired) electrons. The van der Waals surface area contributed by atoms with E-state index < -0.39 is 38.7 Å². The third-order valence-corrected chi connectivity index (χ3v) is 6.70. The molecule has 0 unspecified atom stereocenters. The van der Waals surface area contributed by atoms with E-state index in [2.05, 4.69) is 10.2 Å². The van der Waals surface area contributed by atoms with Crippen LogP contribution in [0.3, 0.4) is 0 Å². The lowest BCUT2D eigenvalue weighted by atomic mass is 10.1. The van der Waals surface area contributed by atoms with Gasteiger partial charge in [0, 0.05) is 25.3 Å². The lowest BCUT2D eigenvalue weighted by Gasteiger charge is -2.29. The van der Waals surface area contributed by atoms with E-state index in [1.807, 2.05) is 38.1 Å². The summed E-state index contributed by atoms with van der Waals surface area (Å²) < 4.78 is 65.2. The Morgan fingerprint density at radius 3 is 2.09 bits per heavy atom. The predicted octanol–water partition coefficient (Wildman–Crippen LogP) is 4.68. The van der Waals surface area contributed by atoms with Gasteiger partial charge < -0.3 is 10.2 Å². The molecule has 0 aliphatic rings. The number of amides is 1. The molecule has 0 saturated heterocycles. The van der Waals surface area contributed by atoms with Crippen LogP contribution in [-0.4, -0.2) is 39.7 Å². The molecule has 6 nitrogen and oxygen atoms in total. The largest absolute Gasteiger partial charge is 0.417 e. The first-order chi connectivity index (χ1) is 15.3. The Labute approximate surface area is 197 Å². The van der Waals surface area contributed by atoms with Crippen molar-refractivity contribution in [3.63, 3.8) is 0 Å². The Balaban J connectivity index is 2.22. The maximum absolute atomic E-state index is 13.2. The van der Waals surface area contributed by atoms with Crippen LogP contribution < -0.4 is 14.5 Å². The van der Waals surface area contributed by atoms with Crippen LogP contribution in [0.4, 0.5) is 24.5 Å². The third kappa shape index (κ3) is 6.77. The summed E-state index contributed by atoms with van der Waals surface area (Å²) in [4.78, 5) is 14.9. The average molecular weight is 506 g/mol. The van der Waals surface area contributed by atoms with Crippen molar-refractivity contribution in [2.75, 3.05) is 28.6 Å². The van der Waals surface area contributed by atoms with Crippen molar-refractivity contribution in [2.45, 2.75) is 39.5 Å². The molecule has 0 aromatic heterocycles. The minimum absolute atomic E-state index is 0.133. The Bertz CT molecular complexity index is 1070. The van der Waals surface area contributed by atoms with E-state index in [-0.39, 0.29) is 12.2 Å². The van der Waals surface area contributed by atoms with Crippen LogP contribution >= 0.6 is 11.6 Å². The van der Waals surface area contributed by atoms with Crippen LogP contribution in [-0.2, 0) is 27.5 Å². The highest BCUT2D eigenvalue weighted by Gasteiger charge is 2.36. The number of nitrogens with one attached hydrogen (secondary N) is 1. The predicted molar refractivity (Wildman–Crippen MR) is 125 cm³/mol. The molecule has 0 saturated carbocycles. The van der Waals surface area contributed by atoms with Gasteiger partial charge in [-0.2, -0.15) is 13.2 Å². The zero-order valence-corrected chi connectivity index (χ0v) is 20.4. The van der Waals surface area contributed by atoms with E-state index in [1.165, 1.54) is 6.92 Å². The number of halogens is 4. The molecule has 1 amide bonds. The molecule has 0 fully saturated rings. The summed E-state index contributed by atoms with van der Waals surface area (Å²) in [6, 6.07) is 8.97. The van der Waals surface area contributed by atoms with Crippen LogP contribution in [0.5, 0.6) is 0 Å². The van der Waals surface area contributed by atoms with Gasteiger partial charge in [0.15, 0.2) is 0 Å². The highest BCUT2D eigenvalue weighted by molar-refractivity contribution is 7.92. The summed E-state index contributed by atoms with van der Waals surface area (Å²) in [5, 5.41) is 2.08. The van der Waals surface area contributed by atoms with Gasteiger partial charge in [-0.25, -0.2) is 8.42 Å². The van der Waals surface area contributed by atoms with Gasteiger partial charge in [-0.3, -0.25) is 9.10 Å². The van der Waals surface area contributed by atoms with E-state index in [0.29, 0.717) is 10.4 Å². The van der Waals surface area contributed by atoms with E-state index in [4.69, 9.17) is 11.6 Å². The molecule has 0 aliphatic heterocycles. The van der Waals surface area contributed by atoms with E-state index in [0.717, 1.165) is 42.7 Å². The summed E-state index contributed by atoms with van der Waals surface area (Å²) in [5.41, 5.74) is 0.342. The number of carbonyl (C=O) groups is 1. The molecule has 1 N–H and O–H groups in total. The molecule has 1 atom stereocenters. The molecule has 0 spiro atoms.